The van der Waals surface area contributed by atoms with Crippen LogP contribution in [0.25, 0.3) is 0 Å². The Bertz CT molecular complexity index is 620. The number of thiophene rings is 1. The zero-order valence-corrected chi connectivity index (χ0v) is 12.6. The largest absolute Gasteiger partial charge is 0.317 e. The molecule has 3 rings (SSSR count). The quantitative estimate of drug-likeness (QED) is 0.523. The predicted molar refractivity (Wildman–Crippen MR) is 89.8 cm³/mol. The predicted octanol–water partition coefficient (Wildman–Crippen LogP) is 3.41. The average Bonchev–Trinajstić information content (AvgIpc) is 3.00. The number of rotatable bonds is 2. The van der Waals surface area contributed by atoms with Crippen molar-refractivity contribution >= 4 is 40.6 Å². The van der Waals surface area contributed by atoms with Gasteiger partial charge < -0.3 is 4.90 Å². The van der Waals surface area contributed by atoms with Crippen molar-refractivity contribution in [3.05, 3.63) is 52.2 Å². The molecule has 0 bridgehead atoms. The van der Waals surface area contributed by atoms with Crippen LogP contribution in [0.15, 0.2) is 46.9 Å². The Kier molecular flexibility index (Phi) is 4.08. The lowest BCUT2D eigenvalue weighted by atomic mass is 10.0. The topological polar surface area (TPSA) is 27.6 Å². The fourth-order valence-corrected chi connectivity index (χ4v) is 3.15. The van der Waals surface area contributed by atoms with E-state index < -0.39 is 0 Å². The minimum absolute atomic E-state index is 0.657. The SMILES string of the molecule is S=C(N/N=C/c1cccs1)N1CCCc2ccccc21. The monoisotopic (exact) mass is 301 g/mol. The molecule has 0 fully saturated rings. The number of hydrazone groups is 1. The van der Waals surface area contributed by atoms with Crippen molar-refractivity contribution in [2.75, 3.05) is 11.4 Å². The second kappa shape index (κ2) is 6.15. The van der Waals surface area contributed by atoms with Gasteiger partial charge in [0.1, 0.15) is 0 Å². The summed E-state index contributed by atoms with van der Waals surface area (Å²) in [6, 6.07) is 12.4. The van der Waals surface area contributed by atoms with Crippen LogP contribution in [-0.2, 0) is 6.42 Å². The van der Waals surface area contributed by atoms with Gasteiger partial charge in [0.25, 0.3) is 0 Å². The van der Waals surface area contributed by atoms with E-state index in [0.717, 1.165) is 24.3 Å². The molecule has 0 radical (unpaired) electrons. The van der Waals surface area contributed by atoms with Crippen LogP contribution in [0.4, 0.5) is 5.69 Å². The summed E-state index contributed by atoms with van der Waals surface area (Å²) in [5.74, 6) is 0. The molecule has 0 saturated heterocycles. The first-order valence-corrected chi connectivity index (χ1v) is 7.85. The van der Waals surface area contributed by atoms with Gasteiger partial charge in [0.05, 0.1) is 6.21 Å². The molecule has 0 spiro atoms. The molecule has 0 saturated carbocycles. The summed E-state index contributed by atoms with van der Waals surface area (Å²) in [4.78, 5) is 3.24. The minimum atomic E-state index is 0.657. The molecule has 5 heteroatoms. The maximum Gasteiger partial charge on any atom is 0.194 e. The highest BCUT2D eigenvalue weighted by molar-refractivity contribution is 7.80. The third kappa shape index (κ3) is 2.89. The Hall–Kier alpha value is -1.72. The number of benzene rings is 1. The standard InChI is InChI=1S/C15H15N3S2/c19-15(17-16-11-13-7-4-10-20-13)18-9-3-6-12-5-1-2-8-14(12)18/h1-2,4-5,7-8,10-11H,3,6,9H2,(H,17,19)/b16-11+. The molecule has 0 unspecified atom stereocenters. The van der Waals surface area contributed by atoms with Gasteiger partial charge in [-0.15, -0.1) is 11.3 Å². The second-order valence-corrected chi connectivity index (χ2v) is 5.94. The highest BCUT2D eigenvalue weighted by atomic mass is 32.1. The van der Waals surface area contributed by atoms with E-state index in [9.17, 15) is 0 Å². The Morgan fingerprint density at radius 2 is 2.20 bits per heavy atom. The average molecular weight is 301 g/mol. The molecule has 0 atom stereocenters. The van der Waals surface area contributed by atoms with Crippen molar-refractivity contribution in [2.45, 2.75) is 12.8 Å². The van der Waals surface area contributed by atoms with E-state index in [0.29, 0.717) is 5.11 Å². The number of para-hydroxylation sites is 1. The van der Waals surface area contributed by atoms with Gasteiger partial charge in [-0.25, -0.2) is 0 Å². The van der Waals surface area contributed by atoms with Crippen LogP contribution in [0.5, 0.6) is 0 Å². The molecule has 0 amide bonds. The number of hydrogen-bond acceptors (Lipinski definition) is 3. The number of aryl methyl sites for hydroxylation is 1. The van der Waals surface area contributed by atoms with E-state index in [-0.39, 0.29) is 0 Å². The molecule has 3 nitrogen and oxygen atoms in total. The first-order chi connectivity index (χ1) is 9.84. The van der Waals surface area contributed by atoms with Crippen molar-refractivity contribution < 1.29 is 0 Å². The smallest absolute Gasteiger partial charge is 0.194 e. The molecule has 20 heavy (non-hydrogen) atoms. The molecule has 2 heterocycles. The molecule has 1 aromatic carbocycles. The Morgan fingerprint density at radius 3 is 3.05 bits per heavy atom. The van der Waals surface area contributed by atoms with Crippen molar-refractivity contribution in [3.8, 4) is 0 Å². The zero-order chi connectivity index (χ0) is 13.8. The Morgan fingerprint density at radius 1 is 1.30 bits per heavy atom. The van der Waals surface area contributed by atoms with Crippen LogP contribution >= 0.6 is 23.6 Å². The van der Waals surface area contributed by atoms with Crippen LogP contribution in [0.3, 0.4) is 0 Å². The molecule has 102 valence electrons. The lowest BCUT2D eigenvalue weighted by Gasteiger charge is -2.30. The third-order valence-electron chi connectivity index (χ3n) is 3.25. The summed E-state index contributed by atoms with van der Waals surface area (Å²) in [6.07, 6.45) is 4.04. The maximum absolute atomic E-state index is 5.45. The molecule has 1 aliphatic heterocycles. The number of hydrogen-bond donors (Lipinski definition) is 1. The van der Waals surface area contributed by atoms with Gasteiger partial charge in [-0.1, -0.05) is 24.3 Å². The number of anilines is 1. The zero-order valence-electron chi connectivity index (χ0n) is 11.0. The van der Waals surface area contributed by atoms with Crippen molar-refractivity contribution in [2.24, 2.45) is 5.10 Å². The molecule has 2 aromatic rings. The first kappa shape index (κ1) is 13.3. The first-order valence-electron chi connectivity index (χ1n) is 6.56. The third-order valence-corrected chi connectivity index (χ3v) is 4.37. The van der Waals surface area contributed by atoms with Gasteiger partial charge in [0, 0.05) is 17.1 Å². The van der Waals surface area contributed by atoms with Crippen LogP contribution in [0, 0.1) is 0 Å². The van der Waals surface area contributed by atoms with Gasteiger partial charge in [-0.3, -0.25) is 5.43 Å². The highest BCUT2D eigenvalue weighted by Crippen LogP contribution is 2.26. The molecule has 1 N–H and O–H groups in total. The van der Waals surface area contributed by atoms with Gasteiger partial charge in [-0.05, 0) is 48.1 Å². The summed E-state index contributed by atoms with van der Waals surface area (Å²) in [6.45, 7) is 0.942. The second-order valence-electron chi connectivity index (χ2n) is 4.57. The summed E-state index contributed by atoms with van der Waals surface area (Å²) >= 11 is 7.10. The van der Waals surface area contributed by atoms with E-state index in [1.54, 1.807) is 17.6 Å². The fraction of sp³-hybridized carbons (Fsp3) is 0.200. The fourth-order valence-electron chi connectivity index (χ4n) is 2.32. The molecule has 0 aliphatic carbocycles. The van der Waals surface area contributed by atoms with E-state index in [1.165, 1.54) is 11.3 Å². The van der Waals surface area contributed by atoms with Gasteiger partial charge in [-0.2, -0.15) is 5.10 Å². The maximum atomic E-state index is 5.45. The number of fused-ring (bicyclic) bond motifs is 1. The van der Waals surface area contributed by atoms with Crippen LogP contribution in [-0.4, -0.2) is 17.9 Å². The summed E-state index contributed by atoms with van der Waals surface area (Å²) in [5.41, 5.74) is 5.51. The number of thiocarbonyl (C=S) groups is 1. The van der Waals surface area contributed by atoms with E-state index in [4.69, 9.17) is 12.2 Å². The Balaban J connectivity index is 1.69. The van der Waals surface area contributed by atoms with Crippen molar-refractivity contribution in [3.63, 3.8) is 0 Å². The number of nitrogens with one attached hydrogen (secondary N) is 1. The van der Waals surface area contributed by atoms with Gasteiger partial charge in [0.2, 0.25) is 0 Å². The van der Waals surface area contributed by atoms with Crippen molar-refractivity contribution in [1.29, 1.82) is 0 Å². The van der Waals surface area contributed by atoms with Crippen LogP contribution < -0.4 is 10.3 Å². The normalized spacial score (nSPS) is 14.3. The van der Waals surface area contributed by atoms with Gasteiger partial charge in [0.15, 0.2) is 5.11 Å². The molecule has 1 aliphatic rings. The van der Waals surface area contributed by atoms with E-state index in [1.807, 2.05) is 17.5 Å². The molecular formula is C15H15N3S2. The van der Waals surface area contributed by atoms with Crippen LogP contribution in [0.2, 0.25) is 0 Å². The lowest BCUT2D eigenvalue weighted by molar-refractivity contribution is 0.769. The summed E-state index contributed by atoms with van der Waals surface area (Å²) in [7, 11) is 0. The summed E-state index contributed by atoms with van der Waals surface area (Å²) < 4.78 is 0. The van der Waals surface area contributed by atoms with E-state index in [2.05, 4.69) is 39.7 Å². The Labute approximate surface area is 127 Å². The van der Waals surface area contributed by atoms with Crippen LogP contribution in [0.1, 0.15) is 16.9 Å². The minimum Gasteiger partial charge on any atom is -0.317 e. The summed E-state index contributed by atoms with van der Waals surface area (Å²) in [5, 5.41) is 6.90. The van der Waals surface area contributed by atoms with Crippen molar-refractivity contribution in [1.82, 2.24) is 5.43 Å². The highest BCUT2D eigenvalue weighted by Gasteiger charge is 2.19. The number of nitrogens with zero attached hydrogens (tertiary/aromatic N) is 2. The molecular weight excluding hydrogens is 286 g/mol. The molecule has 1 aromatic heterocycles. The van der Waals surface area contributed by atoms with Gasteiger partial charge >= 0.3 is 0 Å². The van der Waals surface area contributed by atoms with E-state index >= 15 is 0 Å². The lowest BCUT2D eigenvalue weighted by Crippen LogP contribution is -2.40.